The lowest BCUT2D eigenvalue weighted by Crippen LogP contribution is -2.26. The average Bonchev–Trinajstić information content (AvgIpc) is 2.74. The number of pyridine rings is 1. The second kappa shape index (κ2) is 9.88. The smallest absolute Gasteiger partial charge is 0.418 e. The van der Waals surface area contributed by atoms with Crippen LogP contribution in [0.3, 0.4) is 0 Å². The number of aliphatic hydroxyl groups is 2. The van der Waals surface area contributed by atoms with E-state index in [0.29, 0.717) is 29.7 Å². The van der Waals surface area contributed by atoms with Gasteiger partial charge in [-0.15, -0.1) is 0 Å². The van der Waals surface area contributed by atoms with Crippen LogP contribution in [0.15, 0.2) is 36.5 Å². The molecule has 10 nitrogen and oxygen atoms in total. The van der Waals surface area contributed by atoms with Crippen LogP contribution >= 0.6 is 0 Å². The summed E-state index contributed by atoms with van der Waals surface area (Å²) in [5.74, 6) is 0.660. The monoisotopic (exact) mass is 494 g/mol. The number of carbonyl (C=O) groups is 1. The molecule has 2 aromatic heterocycles. The number of dihydropyridines is 1. The SMILES string of the molecule is CCOC1=CC(O)NC=C1c1ncc(NC(=O)Nc2cnc(C(C)(C)O)c(C(F)(F)F)c2)c(C)n1. The van der Waals surface area contributed by atoms with Gasteiger partial charge in [0.2, 0.25) is 0 Å². The second-order valence-corrected chi connectivity index (χ2v) is 8.08. The Morgan fingerprint density at radius 1 is 1.23 bits per heavy atom. The van der Waals surface area contributed by atoms with E-state index in [1.807, 2.05) is 0 Å². The molecule has 0 radical (unpaired) electrons. The lowest BCUT2D eigenvalue weighted by atomic mass is 9.98. The van der Waals surface area contributed by atoms with Crippen LogP contribution in [0.2, 0.25) is 0 Å². The zero-order chi connectivity index (χ0) is 26.0. The van der Waals surface area contributed by atoms with Crippen LogP contribution < -0.4 is 16.0 Å². The van der Waals surface area contributed by atoms with Crippen molar-refractivity contribution in [3.63, 3.8) is 0 Å². The van der Waals surface area contributed by atoms with E-state index in [1.165, 1.54) is 32.3 Å². The number of urea groups is 1. The largest absolute Gasteiger partial charge is 0.493 e. The first-order chi connectivity index (χ1) is 16.3. The molecule has 188 valence electrons. The third-order valence-corrected chi connectivity index (χ3v) is 4.77. The van der Waals surface area contributed by atoms with Crippen LogP contribution in [0.25, 0.3) is 5.57 Å². The Morgan fingerprint density at radius 2 is 1.94 bits per heavy atom. The third-order valence-electron chi connectivity index (χ3n) is 4.77. The Bertz CT molecular complexity index is 1170. The Kier molecular flexibility index (Phi) is 7.31. The summed E-state index contributed by atoms with van der Waals surface area (Å²) in [6.45, 7) is 6.13. The lowest BCUT2D eigenvalue weighted by Gasteiger charge is -2.22. The molecule has 5 N–H and O–H groups in total. The normalized spacial score (nSPS) is 16.1. The number of alkyl halides is 3. The van der Waals surface area contributed by atoms with Crippen LogP contribution in [0.4, 0.5) is 29.3 Å². The molecule has 1 aliphatic rings. The molecule has 0 bridgehead atoms. The lowest BCUT2D eigenvalue weighted by molar-refractivity contribution is -0.140. The van der Waals surface area contributed by atoms with Gasteiger partial charge in [-0.1, -0.05) is 0 Å². The molecular weight excluding hydrogens is 469 g/mol. The summed E-state index contributed by atoms with van der Waals surface area (Å²) in [6, 6.07) is -0.141. The number of rotatable bonds is 6. The number of halogens is 3. The molecule has 1 aliphatic heterocycles. The van der Waals surface area contributed by atoms with Gasteiger partial charge in [-0.05, 0) is 33.8 Å². The predicted molar refractivity (Wildman–Crippen MR) is 121 cm³/mol. The van der Waals surface area contributed by atoms with Crippen LogP contribution in [-0.4, -0.2) is 44.0 Å². The number of hydrogen-bond donors (Lipinski definition) is 5. The van der Waals surface area contributed by atoms with Gasteiger partial charge in [0.25, 0.3) is 0 Å². The van der Waals surface area contributed by atoms with Crippen molar-refractivity contribution >= 4 is 23.0 Å². The van der Waals surface area contributed by atoms with Crippen molar-refractivity contribution in [2.45, 2.75) is 45.7 Å². The molecule has 1 atom stereocenters. The number of amides is 2. The first-order valence-electron chi connectivity index (χ1n) is 10.5. The molecule has 3 heterocycles. The van der Waals surface area contributed by atoms with Gasteiger partial charge in [0.1, 0.15) is 17.6 Å². The fourth-order valence-corrected chi connectivity index (χ4v) is 3.22. The Labute approximate surface area is 199 Å². The van der Waals surface area contributed by atoms with Crippen molar-refractivity contribution in [2.24, 2.45) is 0 Å². The zero-order valence-corrected chi connectivity index (χ0v) is 19.4. The number of nitrogens with zero attached hydrogens (tertiary/aromatic N) is 3. The molecule has 1 unspecified atom stereocenters. The number of aromatic nitrogens is 3. The quantitative estimate of drug-likeness (QED) is 0.412. The first kappa shape index (κ1) is 25.9. The molecule has 2 amide bonds. The number of allylic oxidation sites excluding steroid dienone is 1. The summed E-state index contributed by atoms with van der Waals surface area (Å²) in [7, 11) is 0. The number of anilines is 2. The van der Waals surface area contributed by atoms with Gasteiger partial charge in [-0.2, -0.15) is 13.2 Å². The molecule has 3 rings (SSSR count). The highest BCUT2D eigenvalue weighted by Gasteiger charge is 2.38. The molecule has 0 saturated carbocycles. The fourth-order valence-electron chi connectivity index (χ4n) is 3.22. The highest BCUT2D eigenvalue weighted by molar-refractivity contribution is 6.00. The summed E-state index contributed by atoms with van der Waals surface area (Å²) in [6.07, 6.45) is -0.382. The number of carbonyl (C=O) groups excluding carboxylic acids is 1. The van der Waals surface area contributed by atoms with Crippen LogP contribution in [0.1, 0.15) is 43.5 Å². The molecule has 2 aromatic rings. The molecule has 35 heavy (non-hydrogen) atoms. The minimum absolute atomic E-state index is 0.217. The summed E-state index contributed by atoms with van der Waals surface area (Å²) in [4.78, 5) is 24.7. The van der Waals surface area contributed by atoms with Crippen molar-refractivity contribution < 1.29 is 32.9 Å². The highest BCUT2D eigenvalue weighted by atomic mass is 19.4. The number of nitrogens with one attached hydrogen (secondary N) is 3. The second-order valence-electron chi connectivity index (χ2n) is 8.08. The van der Waals surface area contributed by atoms with Gasteiger partial charge < -0.3 is 30.9 Å². The van der Waals surface area contributed by atoms with Crippen molar-refractivity contribution in [3.8, 4) is 0 Å². The predicted octanol–water partition coefficient (Wildman–Crippen LogP) is 3.25. The Hall–Kier alpha value is -3.71. The fraction of sp³-hybridized carbons (Fsp3) is 0.364. The third kappa shape index (κ3) is 6.25. The van der Waals surface area contributed by atoms with E-state index in [4.69, 9.17) is 4.74 Å². The summed E-state index contributed by atoms with van der Waals surface area (Å²) in [5.41, 5.74) is -2.69. The van der Waals surface area contributed by atoms with E-state index >= 15 is 0 Å². The minimum Gasteiger partial charge on any atom is -0.493 e. The topological polar surface area (TPSA) is 142 Å². The maximum atomic E-state index is 13.5. The summed E-state index contributed by atoms with van der Waals surface area (Å²) < 4.78 is 45.9. The molecular formula is C22H25F3N6O4. The summed E-state index contributed by atoms with van der Waals surface area (Å²) in [5, 5.41) is 27.2. The van der Waals surface area contributed by atoms with Gasteiger partial charge in [-0.3, -0.25) is 4.98 Å². The van der Waals surface area contributed by atoms with Crippen LogP contribution in [-0.2, 0) is 16.5 Å². The number of aryl methyl sites for hydroxylation is 1. The molecule has 0 spiro atoms. The van der Waals surface area contributed by atoms with Crippen molar-refractivity contribution in [2.75, 3.05) is 17.2 Å². The van der Waals surface area contributed by atoms with Gasteiger partial charge >= 0.3 is 12.2 Å². The Balaban J connectivity index is 1.77. The number of hydrogen-bond acceptors (Lipinski definition) is 8. The van der Waals surface area contributed by atoms with E-state index in [2.05, 4.69) is 30.9 Å². The molecule has 0 aromatic carbocycles. The van der Waals surface area contributed by atoms with Crippen LogP contribution in [0.5, 0.6) is 0 Å². The molecule has 0 aliphatic carbocycles. The first-order valence-corrected chi connectivity index (χ1v) is 10.5. The van der Waals surface area contributed by atoms with Gasteiger partial charge in [0.15, 0.2) is 5.82 Å². The highest BCUT2D eigenvalue weighted by Crippen LogP contribution is 2.37. The van der Waals surface area contributed by atoms with E-state index in [-0.39, 0.29) is 17.2 Å². The van der Waals surface area contributed by atoms with Crippen molar-refractivity contribution in [1.29, 1.82) is 0 Å². The van der Waals surface area contributed by atoms with Gasteiger partial charge in [0, 0.05) is 12.3 Å². The zero-order valence-electron chi connectivity index (χ0n) is 19.4. The van der Waals surface area contributed by atoms with E-state index in [1.54, 1.807) is 13.8 Å². The van der Waals surface area contributed by atoms with Crippen LogP contribution in [0, 0.1) is 6.92 Å². The van der Waals surface area contributed by atoms with E-state index in [0.717, 1.165) is 6.20 Å². The molecule has 0 fully saturated rings. The molecule has 13 heteroatoms. The standard InChI is InChI=1S/C22H25F3N6O4/c1-5-35-16-7-17(32)26-9-13(16)19-28-10-15(11(2)29-19)31-20(33)30-12-6-14(22(23,24)25)18(27-8-12)21(3,4)34/h6-10,17,26,32,34H,5H2,1-4H3,(H2,30,31,33). The van der Waals surface area contributed by atoms with Gasteiger partial charge in [-0.25, -0.2) is 14.8 Å². The maximum absolute atomic E-state index is 13.5. The van der Waals surface area contributed by atoms with E-state index in [9.17, 15) is 28.2 Å². The summed E-state index contributed by atoms with van der Waals surface area (Å²) >= 11 is 0. The Morgan fingerprint density at radius 3 is 2.54 bits per heavy atom. The van der Waals surface area contributed by atoms with Crippen molar-refractivity contribution in [1.82, 2.24) is 20.3 Å². The van der Waals surface area contributed by atoms with Gasteiger partial charge in [0.05, 0.1) is 52.9 Å². The average molecular weight is 494 g/mol. The number of ether oxygens (including phenoxy) is 1. The van der Waals surface area contributed by atoms with E-state index < -0.39 is 35.3 Å². The minimum atomic E-state index is -4.79. The molecule has 0 saturated heterocycles. The van der Waals surface area contributed by atoms with Crippen molar-refractivity contribution in [3.05, 3.63) is 59.3 Å². The number of aliphatic hydroxyl groups excluding tert-OH is 1. The maximum Gasteiger partial charge on any atom is 0.418 e.